The summed E-state index contributed by atoms with van der Waals surface area (Å²) in [4.78, 5) is 25.1. The molecule has 0 spiro atoms. The molecular formula is C27H30BrN3O3SSi. The molecule has 0 saturated heterocycles. The van der Waals surface area contributed by atoms with Crippen molar-refractivity contribution in [3.8, 4) is 5.00 Å². The molecular weight excluding hydrogens is 554 g/mol. The number of halogens is 1. The first-order chi connectivity index (χ1) is 17.1. The molecule has 36 heavy (non-hydrogen) atoms. The standard InChI is InChI=1S/C27H30BrN3O3SSi/c1-18(24-30-29-19(2)31(24)25-23(26(32)34-5)22(28)17-35-25)16-27(3,4)36(33,20-12-8-6-9-13-20)21-14-10-7-11-15-21/h6-15,17-18,33H,16H2,1-5H3/t18-/m1/s1. The summed E-state index contributed by atoms with van der Waals surface area (Å²) < 4.78 is 7.65. The number of benzene rings is 2. The van der Waals surface area contributed by atoms with Crippen molar-refractivity contribution in [2.24, 2.45) is 0 Å². The first kappa shape index (κ1) is 26.5. The Balaban J connectivity index is 1.77. The number of hydrogen-bond acceptors (Lipinski definition) is 6. The second-order valence-electron chi connectivity index (χ2n) is 9.63. The van der Waals surface area contributed by atoms with Crippen LogP contribution in [0.2, 0.25) is 5.04 Å². The SMILES string of the molecule is COC(=O)c1c(Br)csc1-n1c(C)nnc1[C@H](C)CC(C)(C)[Si](O)(c1ccccc1)c1ccccc1. The molecule has 0 aliphatic heterocycles. The topological polar surface area (TPSA) is 77.2 Å². The van der Waals surface area contributed by atoms with Gasteiger partial charge in [-0.1, -0.05) is 81.4 Å². The van der Waals surface area contributed by atoms with Gasteiger partial charge in [0.2, 0.25) is 0 Å². The molecule has 0 saturated carbocycles. The minimum Gasteiger partial charge on any atom is -0.465 e. The quantitative estimate of drug-likeness (QED) is 0.227. The number of nitrogens with zero attached hydrogens (tertiary/aromatic N) is 3. The summed E-state index contributed by atoms with van der Waals surface area (Å²) in [6.07, 6.45) is 0.664. The van der Waals surface area contributed by atoms with Crippen LogP contribution in [0.15, 0.2) is 70.5 Å². The van der Waals surface area contributed by atoms with Crippen LogP contribution in [0.25, 0.3) is 5.00 Å². The van der Waals surface area contributed by atoms with Crippen molar-refractivity contribution in [3.63, 3.8) is 0 Å². The highest BCUT2D eigenvalue weighted by molar-refractivity contribution is 9.10. The van der Waals surface area contributed by atoms with E-state index in [9.17, 15) is 9.59 Å². The average Bonchev–Trinajstić information content (AvgIpc) is 3.45. The molecule has 2 aromatic carbocycles. The lowest BCUT2D eigenvalue weighted by atomic mass is 9.97. The van der Waals surface area contributed by atoms with Crippen molar-refractivity contribution in [1.29, 1.82) is 0 Å². The van der Waals surface area contributed by atoms with Crippen molar-refractivity contribution < 1.29 is 14.3 Å². The predicted molar refractivity (Wildman–Crippen MR) is 150 cm³/mol. The van der Waals surface area contributed by atoms with Crippen molar-refractivity contribution in [2.75, 3.05) is 7.11 Å². The molecule has 0 aliphatic rings. The molecule has 9 heteroatoms. The molecule has 4 rings (SSSR count). The van der Waals surface area contributed by atoms with E-state index in [4.69, 9.17) is 4.74 Å². The average molecular weight is 585 g/mol. The summed E-state index contributed by atoms with van der Waals surface area (Å²) in [5.74, 6) is 0.962. The fraction of sp³-hybridized carbons (Fsp3) is 0.296. The molecule has 0 amide bonds. The molecule has 188 valence electrons. The molecule has 0 bridgehead atoms. The molecule has 2 aromatic heterocycles. The Kier molecular flexibility index (Phi) is 7.66. The summed E-state index contributed by atoms with van der Waals surface area (Å²) in [6, 6.07) is 20.0. The molecule has 6 nitrogen and oxygen atoms in total. The van der Waals surface area contributed by atoms with Crippen LogP contribution in [0.3, 0.4) is 0 Å². The zero-order chi connectivity index (χ0) is 26.1. The Labute approximate surface area is 225 Å². The Morgan fingerprint density at radius 3 is 2.19 bits per heavy atom. The number of carbonyl (C=O) groups is 1. The molecule has 2 heterocycles. The zero-order valence-electron chi connectivity index (χ0n) is 21.0. The fourth-order valence-corrected chi connectivity index (χ4v) is 10.6. The lowest BCUT2D eigenvalue weighted by Gasteiger charge is -2.42. The normalized spacial score (nSPS) is 13.0. The molecule has 4 aromatic rings. The summed E-state index contributed by atoms with van der Waals surface area (Å²) in [5.41, 5.74) is 0.456. The van der Waals surface area contributed by atoms with Crippen LogP contribution in [0.4, 0.5) is 0 Å². The van der Waals surface area contributed by atoms with Crippen molar-refractivity contribution in [3.05, 3.63) is 87.7 Å². The van der Waals surface area contributed by atoms with Gasteiger partial charge in [0.05, 0.1) is 7.11 Å². The molecule has 0 radical (unpaired) electrons. The van der Waals surface area contributed by atoms with Gasteiger partial charge in [-0.05, 0) is 44.7 Å². The highest BCUT2D eigenvalue weighted by atomic mass is 79.9. The summed E-state index contributed by atoms with van der Waals surface area (Å²) in [7, 11) is -1.81. The third kappa shape index (κ3) is 4.61. The molecule has 0 unspecified atom stereocenters. The lowest BCUT2D eigenvalue weighted by Crippen LogP contribution is -2.65. The van der Waals surface area contributed by atoms with Gasteiger partial charge in [-0.3, -0.25) is 4.57 Å². The number of esters is 1. The maximum Gasteiger partial charge on any atom is 0.342 e. The number of carbonyl (C=O) groups excluding carboxylic acids is 1. The summed E-state index contributed by atoms with van der Waals surface area (Å²) in [6.45, 7) is 8.27. The molecule has 1 atom stereocenters. The van der Waals surface area contributed by atoms with E-state index in [1.54, 1.807) is 0 Å². The highest BCUT2D eigenvalue weighted by Crippen LogP contribution is 2.44. The summed E-state index contributed by atoms with van der Waals surface area (Å²) >= 11 is 4.92. The third-order valence-electron chi connectivity index (χ3n) is 6.79. The van der Waals surface area contributed by atoms with E-state index in [2.05, 4.69) is 46.9 Å². The zero-order valence-corrected chi connectivity index (χ0v) is 24.4. The van der Waals surface area contributed by atoms with Crippen LogP contribution < -0.4 is 10.4 Å². The van der Waals surface area contributed by atoms with E-state index >= 15 is 0 Å². The number of hydrogen-bond donors (Lipinski definition) is 1. The van der Waals surface area contributed by atoms with Crippen molar-refractivity contribution in [2.45, 2.75) is 45.1 Å². The second kappa shape index (κ2) is 10.4. The Bertz CT molecular complexity index is 1320. The number of ether oxygens (including phenoxy) is 1. The van der Waals surface area contributed by atoms with Gasteiger partial charge in [-0.25, -0.2) is 4.79 Å². The minimum atomic E-state index is -3.18. The monoisotopic (exact) mass is 583 g/mol. The summed E-state index contributed by atoms with van der Waals surface area (Å²) in [5, 5.41) is 13.0. The maximum absolute atomic E-state index is 12.6. The number of thiophene rings is 1. The van der Waals surface area contributed by atoms with E-state index in [1.807, 2.05) is 77.5 Å². The Morgan fingerprint density at radius 2 is 1.67 bits per heavy atom. The number of aryl methyl sites for hydroxylation is 1. The molecule has 0 fully saturated rings. The van der Waals surface area contributed by atoms with Gasteiger partial charge in [0.15, 0.2) is 0 Å². The molecule has 1 N–H and O–H groups in total. The van der Waals surface area contributed by atoms with Crippen LogP contribution in [-0.4, -0.2) is 41.0 Å². The smallest absolute Gasteiger partial charge is 0.342 e. The van der Waals surface area contributed by atoms with E-state index in [0.717, 1.165) is 21.2 Å². The van der Waals surface area contributed by atoms with E-state index < -0.39 is 19.3 Å². The van der Waals surface area contributed by atoms with E-state index in [-0.39, 0.29) is 5.92 Å². The van der Waals surface area contributed by atoms with Crippen molar-refractivity contribution >= 4 is 51.9 Å². The lowest BCUT2D eigenvalue weighted by molar-refractivity contribution is 0.0600. The second-order valence-corrected chi connectivity index (χ2v) is 15.3. The number of methoxy groups -OCH3 is 1. The van der Waals surface area contributed by atoms with Gasteiger partial charge in [0.1, 0.15) is 22.2 Å². The Hall–Kier alpha value is -2.59. The van der Waals surface area contributed by atoms with E-state index in [0.29, 0.717) is 22.3 Å². The van der Waals surface area contributed by atoms with Gasteiger partial charge < -0.3 is 9.53 Å². The van der Waals surface area contributed by atoms with Crippen LogP contribution in [0.1, 0.15) is 55.1 Å². The van der Waals surface area contributed by atoms with Crippen molar-refractivity contribution in [1.82, 2.24) is 14.8 Å². The highest BCUT2D eigenvalue weighted by Gasteiger charge is 2.50. The van der Waals surface area contributed by atoms with Gasteiger partial charge in [0, 0.05) is 15.8 Å². The van der Waals surface area contributed by atoms with Gasteiger partial charge in [-0.2, -0.15) is 0 Å². The van der Waals surface area contributed by atoms with Crippen LogP contribution in [0, 0.1) is 6.92 Å². The first-order valence-corrected chi connectivity index (χ1v) is 15.3. The maximum atomic E-state index is 12.6. The fourth-order valence-electron chi connectivity index (χ4n) is 5.04. The van der Waals surface area contributed by atoms with Crippen LogP contribution in [-0.2, 0) is 4.74 Å². The van der Waals surface area contributed by atoms with Gasteiger partial charge >= 0.3 is 5.97 Å². The van der Waals surface area contributed by atoms with Gasteiger partial charge in [-0.15, -0.1) is 21.5 Å². The first-order valence-electron chi connectivity index (χ1n) is 11.7. The van der Waals surface area contributed by atoms with Gasteiger partial charge in [0.25, 0.3) is 8.32 Å². The Morgan fingerprint density at radius 1 is 1.11 bits per heavy atom. The number of aromatic nitrogens is 3. The third-order valence-corrected chi connectivity index (χ3v) is 13.2. The largest absolute Gasteiger partial charge is 0.465 e. The number of rotatable bonds is 8. The van der Waals surface area contributed by atoms with E-state index in [1.165, 1.54) is 18.4 Å². The van der Waals surface area contributed by atoms with Crippen LogP contribution in [0.5, 0.6) is 0 Å². The predicted octanol–water partition coefficient (Wildman–Crippen LogP) is 5.21. The molecule has 0 aliphatic carbocycles. The van der Waals surface area contributed by atoms with Crippen LogP contribution >= 0.6 is 27.3 Å². The minimum absolute atomic E-state index is 0.0565.